The van der Waals surface area contributed by atoms with Gasteiger partial charge in [0, 0.05) is 23.5 Å². The summed E-state index contributed by atoms with van der Waals surface area (Å²) in [5.74, 6) is -0.666. The molecule has 0 aliphatic carbocycles. The highest BCUT2D eigenvalue weighted by atomic mass is 16.1. The van der Waals surface area contributed by atoms with Gasteiger partial charge >= 0.3 is 0 Å². The van der Waals surface area contributed by atoms with Gasteiger partial charge in [0.2, 0.25) is 0 Å². The molecule has 2 nitrogen and oxygen atoms in total. The molecule has 0 saturated heterocycles. The van der Waals surface area contributed by atoms with E-state index < -0.39 is 5.92 Å². The third kappa shape index (κ3) is 4.87. The van der Waals surface area contributed by atoms with Gasteiger partial charge in [0.1, 0.15) is 0 Å². The van der Waals surface area contributed by atoms with Crippen molar-refractivity contribution < 1.29 is 9.59 Å². The smallest absolute Gasteiger partial charge is 0.170 e. The second-order valence-electron chi connectivity index (χ2n) is 7.63. The topological polar surface area (TPSA) is 34.1 Å². The molecule has 152 valence electrons. The van der Waals surface area contributed by atoms with Gasteiger partial charge in [-0.2, -0.15) is 0 Å². The zero-order valence-electron chi connectivity index (χ0n) is 17.2. The first-order valence-electron chi connectivity index (χ1n) is 10.5. The lowest BCUT2D eigenvalue weighted by atomic mass is 9.74. The van der Waals surface area contributed by atoms with Crippen molar-refractivity contribution >= 4 is 11.6 Å². The van der Waals surface area contributed by atoms with E-state index >= 15 is 0 Å². The second kappa shape index (κ2) is 9.82. The summed E-state index contributed by atoms with van der Waals surface area (Å²) in [5.41, 5.74) is 3.24. The van der Waals surface area contributed by atoms with Crippen molar-refractivity contribution in [3.05, 3.63) is 144 Å². The summed E-state index contributed by atoms with van der Waals surface area (Å²) in [5, 5.41) is 0. The van der Waals surface area contributed by atoms with Crippen LogP contribution in [0.1, 0.15) is 50.1 Å². The molecule has 2 heteroatoms. The van der Waals surface area contributed by atoms with Gasteiger partial charge in [0.25, 0.3) is 0 Å². The summed E-state index contributed by atoms with van der Waals surface area (Å²) in [6.07, 6.45) is 0.256. The molecule has 0 radical (unpaired) electrons. The van der Waals surface area contributed by atoms with Gasteiger partial charge in [0.15, 0.2) is 11.6 Å². The normalized spacial score (nSPS) is 12.6. The molecule has 0 saturated carbocycles. The van der Waals surface area contributed by atoms with Crippen LogP contribution in [0.4, 0.5) is 0 Å². The first kappa shape index (κ1) is 20.5. The van der Waals surface area contributed by atoms with Gasteiger partial charge in [0.05, 0.1) is 5.92 Å². The zero-order valence-corrected chi connectivity index (χ0v) is 17.2. The lowest BCUT2D eigenvalue weighted by molar-refractivity contribution is 0.0921. The van der Waals surface area contributed by atoms with E-state index in [1.54, 1.807) is 0 Å². The summed E-state index contributed by atoms with van der Waals surface area (Å²) in [6.45, 7) is 0. The minimum atomic E-state index is -0.460. The Morgan fingerprint density at radius 3 is 1.45 bits per heavy atom. The molecule has 0 fully saturated rings. The molecule has 0 bridgehead atoms. The van der Waals surface area contributed by atoms with Crippen LogP contribution in [0.15, 0.2) is 121 Å². The van der Waals surface area contributed by atoms with E-state index in [4.69, 9.17) is 0 Å². The number of carbonyl (C=O) groups excluding carboxylic acids is 2. The number of Topliss-reactive ketones (excluding diaryl/α,β-unsaturated/α-hetero) is 2. The lowest BCUT2D eigenvalue weighted by Crippen LogP contribution is -2.23. The van der Waals surface area contributed by atoms with Crippen LogP contribution in [0.25, 0.3) is 0 Å². The minimum Gasteiger partial charge on any atom is -0.294 e. The molecule has 0 aliphatic rings. The van der Waals surface area contributed by atoms with Crippen molar-refractivity contribution in [2.75, 3.05) is 0 Å². The van der Waals surface area contributed by atoms with E-state index in [2.05, 4.69) is 0 Å². The molecule has 0 aliphatic heterocycles. The number of rotatable bonds is 8. The fourth-order valence-electron chi connectivity index (χ4n) is 4.08. The molecule has 0 heterocycles. The molecule has 4 rings (SSSR count). The fraction of sp³-hybridized carbons (Fsp3) is 0.103. The second-order valence-corrected chi connectivity index (χ2v) is 7.63. The molecule has 31 heavy (non-hydrogen) atoms. The third-order valence-electron chi connectivity index (χ3n) is 5.63. The van der Waals surface area contributed by atoms with Crippen molar-refractivity contribution in [1.29, 1.82) is 0 Å². The molecule has 4 aromatic rings. The van der Waals surface area contributed by atoms with Gasteiger partial charge in [-0.25, -0.2) is 0 Å². The predicted octanol–water partition coefficient (Wildman–Crippen LogP) is 6.71. The van der Waals surface area contributed by atoms with Crippen LogP contribution in [0.5, 0.6) is 0 Å². The molecule has 0 unspecified atom stereocenters. The van der Waals surface area contributed by atoms with Crippen LogP contribution in [0, 0.1) is 0 Å². The Hall–Kier alpha value is -3.78. The summed E-state index contributed by atoms with van der Waals surface area (Å²) >= 11 is 0. The molecular formula is C29H24O2. The Kier molecular flexibility index (Phi) is 6.49. The quantitative estimate of drug-likeness (QED) is 0.306. The number of ketones is 2. The van der Waals surface area contributed by atoms with E-state index in [1.165, 1.54) is 0 Å². The van der Waals surface area contributed by atoms with Crippen LogP contribution in [0.3, 0.4) is 0 Å². The highest BCUT2D eigenvalue weighted by Crippen LogP contribution is 2.39. The Morgan fingerprint density at radius 1 is 0.516 bits per heavy atom. The van der Waals surface area contributed by atoms with E-state index in [9.17, 15) is 9.59 Å². The van der Waals surface area contributed by atoms with Crippen LogP contribution in [0.2, 0.25) is 0 Å². The maximum atomic E-state index is 13.8. The van der Waals surface area contributed by atoms with Crippen molar-refractivity contribution in [3.8, 4) is 0 Å². The van der Waals surface area contributed by atoms with Crippen LogP contribution >= 0.6 is 0 Å². The largest absolute Gasteiger partial charge is 0.294 e. The van der Waals surface area contributed by atoms with Crippen molar-refractivity contribution in [1.82, 2.24) is 0 Å². The predicted molar refractivity (Wildman–Crippen MR) is 125 cm³/mol. The fourth-order valence-corrected chi connectivity index (χ4v) is 4.08. The number of hydrogen-bond acceptors (Lipinski definition) is 2. The average Bonchev–Trinajstić information content (AvgIpc) is 2.85. The SMILES string of the molecule is O=C(C[C@H](c1ccccc1)[C@@H](C(=O)c1ccccc1)c1ccccc1)c1ccccc1. The lowest BCUT2D eigenvalue weighted by Gasteiger charge is -2.27. The zero-order chi connectivity index (χ0) is 21.5. The molecular weight excluding hydrogens is 380 g/mol. The number of hydrogen-bond donors (Lipinski definition) is 0. The Labute approximate surface area is 183 Å². The van der Waals surface area contributed by atoms with Crippen LogP contribution in [-0.4, -0.2) is 11.6 Å². The van der Waals surface area contributed by atoms with E-state index in [1.807, 2.05) is 121 Å². The maximum absolute atomic E-state index is 13.8. The standard InChI is InChI=1S/C29H24O2/c30-27(23-15-7-2-8-16-23)21-26(22-13-5-1-6-14-22)28(24-17-9-3-10-18-24)29(31)25-19-11-4-12-20-25/h1-20,26,28H,21H2/t26-,28+/m1/s1. The summed E-state index contributed by atoms with van der Waals surface area (Å²) in [4.78, 5) is 27.0. The number of benzene rings is 4. The van der Waals surface area contributed by atoms with Gasteiger partial charge < -0.3 is 0 Å². The Bertz CT molecular complexity index is 1120. The van der Waals surface area contributed by atoms with Crippen molar-refractivity contribution in [2.45, 2.75) is 18.3 Å². The monoisotopic (exact) mass is 404 g/mol. The van der Waals surface area contributed by atoms with Crippen LogP contribution in [-0.2, 0) is 0 Å². The Balaban J connectivity index is 1.80. The third-order valence-corrected chi connectivity index (χ3v) is 5.63. The Morgan fingerprint density at radius 2 is 0.935 bits per heavy atom. The maximum Gasteiger partial charge on any atom is 0.170 e. The molecule has 0 amide bonds. The summed E-state index contributed by atoms with van der Waals surface area (Å²) in [7, 11) is 0. The summed E-state index contributed by atoms with van der Waals surface area (Å²) in [6, 6.07) is 38.4. The van der Waals surface area contributed by atoms with Gasteiger partial charge in [-0.3, -0.25) is 9.59 Å². The van der Waals surface area contributed by atoms with E-state index in [0.717, 1.165) is 11.1 Å². The van der Waals surface area contributed by atoms with Gasteiger partial charge in [-0.15, -0.1) is 0 Å². The average molecular weight is 405 g/mol. The van der Waals surface area contributed by atoms with Crippen molar-refractivity contribution in [3.63, 3.8) is 0 Å². The highest BCUT2D eigenvalue weighted by molar-refractivity contribution is 6.03. The minimum absolute atomic E-state index is 0.0292. The highest BCUT2D eigenvalue weighted by Gasteiger charge is 2.33. The first-order chi connectivity index (χ1) is 15.2. The molecule has 2 atom stereocenters. The molecule has 0 N–H and O–H groups in total. The van der Waals surface area contributed by atoms with Gasteiger partial charge in [-0.1, -0.05) is 121 Å². The number of carbonyl (C=O) groups is 2. The summed E-state index contributed by atoms with van der Waals surface area (Å²) < 4.78 is 0. The van der Waals surface area contributed by atoms with Gasteiger partial charge in [-0.05, 0) is 11.1 Å². The molecule has 0 spiro atoms. The molecule has 4 aromatic carbocycles. The van der Waals surface area contributed by atoms with E-state index in [-0.39, 0.29) is 23.9 Å². The van der Waals surface area contributed by atoms with Crippen molar-refractivity contribution in [2.24, 2.45) is 0 Å². The molecule has 0 aromatic heterocycles. The van der Waals surface area contributed by atoms with E-state index in [0.29, 0.717) is 11.1 Å². The van der Waals surface area contributed by atoms with Crippen LogP contribution < -0.4 is 0 Å². The first-order valence-corrected chi connectivity index (χ1v) is 10.5.